The monoisotopic (exact) mass is 235 g/mol. The standard InChI is InChI=1S/C11H13N3OS/c1-9-6-8-13-11(14(9)16(2)15)10-5-3-4-7-12-10/h3-9H,1-2H3. The van der Waals surface area contributed by atoms with E-state index in [0.717, 1.165) is 5.69 Å². The van der Waals surface area contributed by atoms with E-state index < -0.39 is 11.0 Å². The normalized spacial score (nSPS) is 21.8. The molecule has 2 atom stereocenters. The summed E-state index contributed by atoms with van der Waals surface area (Å²) in [6.45, 7) is 1.98. The Bertz CT molecular complexity index is 456. The lowest BCUT2D eigenvalue weighted by molar-refractivity contribution is 0.549. The van der Waals surface area contributed by atoms with Crippen molar-refractivity contribution in [3.63, 3.8) is 0 Å². The molecule has 0 saturated carbocycles. The first-order valence-electron chi connectivity index (χ1n) is 4.99. The van der Waals surface area contributed by atoms with E-state index in [1.807, 2.05) is 31.2 Å². The third kappa shape index (κ3) is 2.04. The van der Waals surface area contributed by atoms with Gasteiger partial charge in [-0.15, -0.1) is 0 Å². The third-order valence-electron chi connectivity index (χ3n) is 2.31. The molecule has 2 heterocycles. The SMILES string of the molecule is CC1C=CN=C(c2ccccn2)N1S(C)=O. The molecule has 0 fully saturated rings. The molecule has 0 aliphatic carbocycles. The predicted octanol–water partition coefficient (Wildman–Crippen LogP) is 1.34. The summed E-state index contributed by atoms with van der Waals surface area (Å²) >= 11 is 0. The van der Waals surface area contributed by atoms with Gasteiger partial charge in [-0.05, 0) is 25.1 Å². The minimum absolute atomic E-state index is 0.0698. The number of hydrogen-bond acceptors (Lipinski definition) is 3. The van der Waals surface area contributed by atoms with Crippen LogP contribution in [0.5, 0.6) is 0 Å². The molecule has 0 spiro atoms. The Kier molecular flexibility index (Phi) is 3.14. The summed E-state index contributed by atoms with van der Waals surface area (Å²) in [5.74, 6) is 0.663. The number of aromatic nitrogens is 1. The molecule has 0 radical (unpaired) electrons. The molecule has 0 aromatic carbocycles. The van der Waals surface area contributed by atoms with Crippen LogP contribution < -0.4 is 0 Å². The Morgan fingerprint density at radius 3 is 2.88 bits per heavy atom. The van der Waals surface area contributed by atoms with E-state index in [-0.39, 0.29) is 6.04 Å². The van der Waals surface area contributed by atoms with Gasteiger partial charge in [0.15, 0.2) is 5.84 Å². The molecule has 0 saturated heterocycles. The first-order valence-corrected chi connectivity index (χ1v) is 6.50. The molecule has 2 rings (SSSR count). The Morgan fingerprint density at radius 1 is 1.44 bits per heavy atom. The molecule has 5 heteroatoms. The van der Waals surface area contributed by atoms with Gasteiger partial charge in [-0.25, -0.2) is 9.20 Å². The summed E-state index contributed by atoms with van der Waals surface area (Å²) in [5.41, 5.74) is 0.744. The fourth-order valence-electron chi connectivity index (χ4n) is 1.60. The molecule has 1 aromatic heterocycles. The molecule has 2 unspecified atom stereocenters. The van der Waals surface area contributed by atoms with Crippen LogP contribution in [-0.4, -0.2) is 31.6 Å². The van der Waals surface area contributed by atoms with Crippen LogP contribution in [-0.2, 0) is 11.0 Å². The van der Waals surface area contributed by atoms with E-state index in [0.29, 0.717) is 5.84 Å². The zero-order valence-electron chi connectivity index (χ0n) is 9.20. The van der Waals surface area contributed by atoms with Crippen molar-refractivity contribution in [3.8, 4) is 0 Å². The zero-order chi connectivity index (χ0) is 11.5. The highest BCUT2D eigenvalue weighted by Gasteiger charge is 2.24. The molecular weight excluding hydrogens is 222 g/mol. The Balaban J connectivity index is 2.42. The van der Waals surface area contributed by atoms with Crippen molar-refractivity contribution >= 4 is 16.8 Å². The topological polar surface area (TPSA) is 45.6 Å². The summed E-state index contributed by atoms with van der Waals surface area (Å²) in [7, 11) is -1.10. The maximum absolute atomic E-state index is 11.7. The minimum atomic E-state index is -1.10. The van der Waals surface area contributed by atoms with Crippen LogP contribution in [0.25, 0.3) is 0 Å². The molecule has 1 aliphatic rings. The Morgan fingerprint density at radius 2 is 2.25 bits per heavy atom. The highest BCUT2D eigenvalue weighted by Crippen LogP contribution is 2.14. The molecule has 1 aromatic rings. The maximum Gasteiger partial charge on any atom is 0.166 e. The van der Waals surface area contributed by atoms with Gasteiger partial charge in [0.2, 0.25) is 0 Å². The molecule has 4 nitrogen and oxygen atoms in total. The highest BCUT2D eigenvalue weighted by atomic mass is 32.2. The van der Waals surface area contributed by atoms with E-state index >= 15 is 0 Å². The van der Waals surface area contributed by atoms with Crippen LogP contribution in [0.4, 0.5) is 0 Å². The fraction of sp³-hybridized carbons (Fsp3) is 0.273. The van der Waals surface area contributed by atoms with Gasteiger partial charge < -0.3 is 0 Å². The van der Waals surface area contributed by atoms with Gasteiger partial charge in [0, 0.05) is 18.7 Å². The number of aliphatic imine (C=N–C) groups is 1. The summed E-state index contributed by atoms with van der Waals surface area (Å²) < 4.78 is 13.4. The third-order valence-corrected chi connectivity index (χ3v) is 3.37. The largest absolute Gasteiger partial charge is 0.267 e. The van der Waals surface area contributed by atoms with Gasteiger partial charge in [-0.1, -0.05) is 6.07 Å². The highest BCUT2D eigenvalue weighted by molar-refractivity contribution is 7.82. The van der Waals surface area contributed by atoms with Gasteiger partial charge in [-0.2, -0.15) is 0 Å². The number of nitrogens with zero attached hydrogens (tertiary/aromatic N) is 3. The van der Waals surface area contributed by atoms with Crippen molar-refractivity contribution in [3.05, 3.63) is 42.4 Å². The van der Waals surface area contributed by atoms with Gasteiger partial charge in [0.05, 0.1) is 6.04 Å². The summed E-state index contributed by atoms with van der Waals surface area (Å²) in [6.07, 6.45) is 7.00. The van der Waals surface area contributed by atoms with Crippen molar-refractivity contribution in [1.82, 2.24) is 9.29 Å². The van der Waals surface area contributed by atoms with Crippen LogP contribution in [0.3, 0.4) is 0 Å². The lowest BCUT2D eigenvalue weighted by Crippen LogP contribution is -2.40. The van der Waals surface area contributed by atoms with Crippen molar-refractivity contribution in [2.45, 2.75) is 13.0 Å². The number of hydrogen-bond donors (Lipinski definition) is 0. The molecule has 0 N–H and O–H groups in total. The quantitative estimate of drug-likeness (QED) is 0.776. The van der Waals surface area contributed by atoms with Gasteiger partial charge in [0.25, 0.3) is 0 Å². The second kappa shape index (κ2) is 4.57. The zero-order valence-corrected chi connectivity index (χ0v) is 10.0. The number of rotatable bonds is 2. The van der Waals surface area contributed by atoms with Crippen LogP contribution in [0.1, 0.15) is 12.6 Å². The molecule has 84 valence electrons. The van der Waals surface area contributed by atoms with E-state index in [1.165, 1.54) is 0 Å². The summed E-state index contributed by atoms with van der Waals surface area (Å²) in [6, 6.07) is 5.68. The smallest absolute Gasteiger partial charge is 0.166 e. The Labute approximate surface area is 97.3 Å². The Hall–Kier alpha value is -1.49. The first kappa shape index (κ1) is 11.0. The number of pyridine rings is 1. The molecule has 16 heavy (non-hydrogen) atoms. The second-order valence-corrected chi connectivity index (χ2v) is 4.74. The van der Waals surface area contributed by atoms with E-state index in [4.69, 9.17) is 0 Å². The van der Waals surface area contributed by atoms with Crippen molar-refractivity contribution in [1.29, 1.82) is 0 Å². The lowest BCUT2D eigenvalue weighted by Gasteiger charge is -2.29. The number of amidine groups is 1. The molecule has 0 amide bonds. The van der Waals surface area contributed by atoms with Gasteiger partial charge in [-0.3, -0.25) is 9.29 Å². The summed E-state index contributed by atoms with van der Waals surface area (Å²) in [4.78, 5) is 8.49. The summed E-state index contributed by atoms with van der Waals surface area (Å²) in [5, 5.41) is 0. The van der Waals surface area contributed by atoms with Crippen LogP contribution in [0, 0.1) is 0 Å². The lowest BCUT2D eigenvalue weighted by atomic mass is 10.2. The van der Waals surface area contributed by atoms with E-state index in [1.54, 1.807) is 23.0 Å². The molecule has 0 bridgehead atoms. The average Bonchev–Trinajstić information content (AvgIpc) is 2.29. The van der Waals surface area contributed by atoms with E-state index in [2.05, 4.69) is 9.98 Å². The van der Waals surface area contributed by atoms with Crippen molar-refractivity contribution in [2.24, 2.45) is 4.99 Å². The van der Waals surface area contributed by atoms with Gasteiger partial charge in [0.1, 0.15) is 16.7 Å². The first-order chi connectivity index (χ1) is 7.70. The minimum Gasteiger partial charge on any atom is -0.267 e. The van der Waals surface area contributed by atoms with E-state index in [9.17, 15) is 4.21 Å². The van der Waals surface area contributed by atoms with Crippen molar-refractivity contribution in [2.75, 3.05) is 6.26 Å². The van der Waals surface area contributed by atoms with Gasteiger partial charge >= 0.3 is 0 Å². The molecule has 1 aliphatic heterocycles. The molecular formula is C11H13N3OS. The van der Waals surface area contributed by atoms with Crippen LogP contribution in [0.15, 0.2) is 41.7 Å². The maximum atomic E-state index is 11.7. The fourth-order valence-corrected chi connectivity index (χ4v) is 2.52. The second-order valence-electron chi connectivity index (χ2n) is 3.50. The predicted molar refractivity (Wildman–Crippen MR) is 65.3 cm³/mol. The van der Waals surface area contributed by atoms with Crippen LogP contribution in [0.2, 0.25) is 0 Å². The average molecular weight is 235 g/mol. The van der Waals surface area contributed by atoms with Crippen LogP contribution >= 0.6 is 0 Å². The van der Waals surface area contributed by atoms with Crippen molar-refractivity contribution < 1.29 is 4.21 Å².